The van der Waals surface area contributed by atoms with Crippen LogP contribution < -0.4 is 10.1 Å². The second-order valence-electron chi connectivity index (χ2n) is 4.68. The molecule has 19 heavy (non-hydrogen) atoms. The summed E-state index contributed by atoms with van der Waals surface area (Å²) in [5.74, 6) is 0.778. The number of aryl methyl sites for hydroxylation is 1. The number of hydrogen-bond donors (Lipinski definition) is 1. The number of sulfone groups is 1. The standard InChI is InChI=1S/C13H20BrNO3S/c1-8-6-10(14)9(2)12(13(8)18-4)11(15-3)7-19(5,16)17/h6,11,15H,7H2,1-5H3. The number of benzene rings is 1. The minimum Gasteiger partial charge on any atom is -0.496 e. The van der Waals surface area contributed by atoms with Gasteiger partial charge in [0.15, 0.2) is 0 Å². The van der Waals surface area contributed by atoms with Crippen molar-refractivity contribution in [3.8, 4) is 5.75 Å². The molecule has 0 aliphatic rings. The van der Waals surface area contributed by atoms with Crippen molar-refractivity contribution in [1.82, 2.24) is 5.32 Å². The Morgan fingerprint density at radius 2 is 2.00 bits per heavy atom. The molecule has 1 atom stereocenters. The van der Waals surface area contributed by atoms with Crippen molar-refractivity contribution < 1.29 is 13.2 Å². The van der Waals surface area contributed by atoms with Gasteiger partial charge in [0.2, 0.25) is 0 Å². The lowest BCUT2D eigenvalue weighted by atomic mass is 9.98. The van der Waals surface area contributed by atoms with Crippen LogP contribution in [-0.4, -0.2) is 34.6 Å². The van der Waals surface area contributed by atoms with Gasteiger partial charge in [0.1, 0.15) is 15.6 Å². The lowest BCUT2D eigenvalue weighted by molar-refractivity contribution is 0.400. The average molecular weight is 350 g/mol. The Morgan fingerprint density at radius 1 is 1.42 bits per heavy atom. The molecule has 0 aliphatic heterocycles. The lowest BCUT2D eigenvalue weighted by Gasteiger charge is -2.23. The molecule has 4 nitrogen and oxygen atoms in total. The average Bonchev–Trinajstić information content (AvgIpc) is 2.29. The van der Waals surface area contributed by atoms with E-state index in [1.165, 1.54) is 6.26 Å². The van der Waals surface area contributed by atoms with Gasteiger partial charge in [0, 0.05) is 22.3 Å². The highest BCUT2D eigenvalue weighted by Crippen LogP contribution is 2.36. The Kier molecular flexibility index (Phi) is 5.41. The highest BCUT2D eigenvalue weighted by Gasteiger charge is 2.23. The maximum Gasteiger partial charge on any atom is 0.149 e. The van der Waals surface area contributed by atoms with Gasteiger partial charge in [-0.05, 0) is 38.1 Å². The van der Waals surface area contributed by atoms with Gasteiger partial charge >= 0.3 is 0 Å². The summed E-state index contributed by atoms with van der Waals surface area (Å²) in [6, 6.07) is 1.69. The molecule has 1 aromatic rings. The maximum atomic E-state index is 11.6. The van der Waals surface area contributed by atoms with Crippen molar-refractivity contribution in [2.24, 2.45) is 0 Å². The Morgan fingerprint density at radius 3 is 2.42 bits per heavy atom. The highest BCUT2D eigenvalue weighted by atomic mass is 79.9. The molecule has 1 N–H and O–H groups in total. The van der Waals surface area contributed by atoms with Crippen LogP contribution in [0.1, 0.15) is 22.7 Å². The van der Waals surface area contributed by atoms with E-state index in [2.05, 4.69) is 21.2 Å². The lowest BCUT2D eigenvalue weighted by Crippen LogP contribution is -2.26. The van der Waals surface area contributed by atoms with E-state index in [4.69, 9.17) is 4.74 Å². The monoisotopic (exact) mass is 349 g/mol. The normalized spacial score (nSPS) is 13.4. The first kappa shape index (κ1) is 16.5. The third-order valence-electron chi connectivity index (χ3n) is 3.08. The predicted octanol–water partition coefficient (Wildman–Crippen LogP) is 2.38. The molecular weight excluding hydrogens is 330 g/mol. The van der Waals surface area contributed by atoms with Crippen molar-refractivity contribution in [3.05, 3.63) is 27.2 Å². The van der Waals surface area contributed by atoms with Crippen LogP contribution in [0.2, 0.25) is 0 Å². The SMILES string of the molecule is CNC(CS(C)(=O)=O)c1c(C)c(Br)cc(C)c1OC. The molecule has 1 unspecified atom stereocenters. The van der Waals surface area contributed by atoms with E-state index in [-0.39, 0.29) is 11.8 Å². The molecule has 0 saturated heterocycles. The molecule has 0 aromatic heterocycles. The molecule has 0 amide bonds. The molecule has 0 heterocycles. The molecule has 0 spiro atoms. The summed E-state index contributed by atoms with van der Waals surface area (Å²) in [7, 11) is 0.274. The van der Waals surface area contributed by atoms with Gasteiger partial charge in [-0.2, -0.15) is 0 Å². The van der Waals surface area contributed by atoms with Gasteiger partial charge in [-0.15, -0.1) is 0 Å². The second kappa shape index (κ2) is 6.24. The summed E-state index contributed by atoms with van der Waals surface area (Å²) >= 11 is 3.50. The second-order valence-corrected chi connectivity index (χ2v) is 7.72. The summed E-state index contributed by atoms with van der Waals surface area (Å²) in [5.41, 5.74) is 2.86. The zero-order chi connectivity index (χ0) is 14.8. The minimum absolute atomic E-state index is 0.0383. The number of halogens is 1. The Bertz CT molecular complexity index is 570. The molecule has 1 rings (SSSR count). The van der Waals surface area contributed by atoms with Crippen LogP contribution in [0.5, 0.6) is 5.75 Å². The van der Waals surface area contributed by atoms with Crippen LogP contribution in [0.3, 0.4) is 0 Å². The van der Waals surface area contributed by atoms with Gasteiger partial charge < -0.3 is 10.1 Å². The Labute approximate surface area is 123 Å². The fourth-order valence-corrected chi connectivity index (χ4v) is 3.68. The minimum atomic E-state index is -3.08. The zero-order valence-corrected chi connectivity index (χ0v) is 14.3. The van der Waals surface area contributed by atoms with E-state index < -0.39 is 9.84 Å². The maximum absolute atomic E-state index is 11.6. The third-order valence-corrected chi connectivity index (χ3v) is 4.84. The van der Waals surface area contributed by atoms with Crippen molar-refractivity contribution >= 4 is 25.8 Å². The number of methoxy groups -OCH3 is 1. The van der Waals surface area contributed by atoms with E-state index in [0.29, 0.717) is 0 Å². The molecule has 0 radical (unpaired) electrons. The van der Waals surface area contributed by atoms with E-state index in [1.807, 2.05) is 19.9 Å². The first-order chi connectivity index (χ1) is 8.71. The van der Waals surface area contributed by atoms with Gasteiger partial charge in [-0.3, -0.25) is 0 Å². The topological polar surface area (TPSA) is 55.4 Å². The predicted molar refractivity (Wildman–Crippen MR) is 81.7 cm³/mol. The fraction of sp³-hybridized carbons (Fsp3) is 0.538. The number of hydrogen-bond acceptors (Lipinski definition) is 4. The zero-order valence-electron chi connectivity index (χ0n) is 11.9. The molecule has 0 fully saturated rings. The van der Waals surface area contributed by atoms with Crippen molar-refractivity contribution in [3.63, 3.8) is 0 Å². The van der Waals surface area contributed by atoms with Crippen molar-refractivity contribution in [2.75, 3.05) is 26.2 Å². The van der Waals surface area contributed by atoms with Crippen LogP contribution in [0.15, 0.2) is 10.5 Å². The molecule has 6 heteroatoms. The number of ether oxygens (including phenoxy) is 1. The Balaban J connectivity index is 3.45. The molecule has 0 aliphatic carbocycles. The van der Waals surface area contributed by atoms with E-state index in [9.17, 15) is 8.42 Å². The van der Waals surface area contributed by atoms with Gasteiger partial charge in [0.05, 0.1) is 12.9 Å². The summed E-state index contributed by atoms with van der Waals surface area (Å²) in [4.78, 5) is 0. The van der Waals surface area contributed by atoms with E-state index in [1.54, 1.807) is 14.2 Å². The van der Waals surface area contributed by atoms with Crippen molar-refractivity contribution in [2.45, 2.75) is 19.9 Å². The van der Waals surface area contributed by atoms with Gasteiger partial charge in [-0.1, -0.05) is 15.9 Å². The summed E-state index contributed by atoms with van der Waals surface area (Å²) in [6.45, 7) is 3.90. The molecule has 0 bridgehead atoms. The number of nitrogens with one attached hydrogen (secondary N) is 1. The van der Waals surface area contributed by atoms with Crippen LogP contribution in [0.4, 0.5) is 0 Å². The highest BCUT2D eigenvalue weighted by molar-refractivity contribution is 9.10. The smallest absolute Gasteiger partial charge is 0.149 e. The van der Waals surface area contributed by atoms with Crippen LogP contribution in [0.25, 0.3) is 0 Å². The number of rotatable bonds is 5. The van der Waals surface area contributed by atoms with Crippen molar-refractivity contribution in [1.29, 1.82) is 0 Å². The third kappa shape index (κ3) is 3.94. The first-order valence-corrected chi connectivity index (χ1v) is 8.75. The molecular formula is C13H20BrNO3S. The summed E-state index contributed by atoms with van der Waals surface area (Å²) in [5, 5.41) is 3.06. The van der Waals surface area contributed by atoms with Crippen LogP contribution in [-0.2, 0) is 9.84 Å². The summed E-state index contributed by atoms with van der Waals surface area (Å²) < 4.78 is 29.5. The summed E-state index contributed by atoms with van der Waals surface area (Å²) in [6.07, 6.45) is 1.24. The van der Waals surface area contributed by atoms with E-state index in [0.717, 1.165) is 26.9 Å². The molecule has 0 saturated carbocycles. The largest absolute Gasteiger partial charge is 0.496 e. The Hall–Kier alpha value is -0.590. The molecule has 108 valence electrons. The van der Waals surface area contributed by atoms with Crippen LogP contribution in [0, 0.1) is 13.8 Å². The quantitative estimate of drug-likeness (QED) is 0.886. The first-order valence-electron chi connectivity index (χ1n) is 5.89. The fourth-order valence-electron chi connectivity index (χ4n) is 2.18. The van der Waals surface area contributed by atoms with E-state index >= 15 is 0 Å². The molecule has 1 aromatic carbocycles. The van der Waals surface area contributed by atoms with Gasteiger partial charge in [0.25, 0.3) is 0 Å². The van der Waals surface area contributed by atoms with Gasteiger partial charge in [-0.25, -0.2) is 8.42 Å². The van der Waals surface area contributed by atoms with Crippen LogP contribution >= 0.6 is 15.9 Å².